The first-order valence-electron chi connectivity index (χ1n) is 6.20. The van der Waals surface area contributed by atoms with Gasteiger partial charge in [-0.2, -0.15) is 5.10 Å². The van der Waals surface area contributed by atoms with Crippen LogP contribution in [0.25, 0.3) is 0 Å². The smallest absolute Gasteiger partial charge is 0.273 e. The van der Waals surface area contributed by atoms with Crippen LogP contribution in [0.1, 0.15) is 28.7 Å². The molecule has 0 atom stereocenters. The first-order valence-corrected chi connectivity index (χ1v) is 6.20. The maximum Gasteiger partial charge on any atom is 0.273 e. The number of aromatic nitrogens is 2. The van der Waals surface area contributed by atoms with Crippen molar-refractivity contribution in [2.75, 3.05) is 5.32 Å². The fraction of sp³-hybridized carbons (Fsp3) is 0.286. The van der Waals surface area contributed by atoms with Gasteiger partial charge in [0.25, 0.3) is 5.91 Å². The number of carbonyl (C=O) groups is 1. The molecule has 0 fully saturated rings. The average molecular weight is 259 g/mol. The Hall–Kier alpha value is -2.14. The molecular formula is C14H17N3O2. The van der Waals surface area contributed by atoms with Crippen LogP contribution < -0.4 is 5.32 Å². The van der Waals surface area contributed by atoms with Crippen LogP contribution in [0.3, 0.4) is 0 Å². The molecule has 0 saturated carbocycles. The predicted molar refractivity (Wildman–Crippen MR) is 73.0 cm³/mol. The van der Waals surface area contributed by atoms with Crippen LogP contribution in [0.4, 0.5) is 5.69 Å². The minimum atomic E-state index is -0.219. The van der Waals surface area contributed by atoms with Crippen LogP contribution in [0, 0.1) is 6.92 Å². The molecule has 0 aliphatic rings. The summed E-state index contributed by atoms with van der Waals surface area (Å²) in [6, 6.07) is 8.93. The number of carbonyl (C=O) groups excluding carboxylic acids is 1. The van der Waals surface area contributed by atoms with Crippen LogP contribution in [-0.2, 0) is 13.2 Å². The number of aliphatic hydroxyl groups is 1. The molecule has 1 amide bonds. The van der Waals surface area contributed by atoms with E-state index in [1.54, 1.807) is 22.9 Å². The normalized spacial score (nSPS) is 10.5. The van der Waals surface area contributed by atoms with Crippen LogP contribution in [-0.4, -0.2) is 20.8 Å². The number of aliphatic hydroxyl groups excluding tert-OH is 1. The highest BCUT2D eigenvalue weighted by Crippen LogP contribution is 2.16. The number of benzene rings is 1. The minimum Gasteiger partial charge on any atom is -0.392 e. The van der Waals surface area contributed by atoms with E-state index >= 15 is 0 Å². The molecule has 0 radical (unpaired) electrons. The Morgan fingerprint density at radius 1 is 1.42 bits per heavy atom. The molecular weight excluding hydrogens is 242 g/mol. The number of anilines is 1. The lowest BCUT2D eigenvalue weighted by atomic mass is 10.2. The third-order valence-corrected chi connectivity index (χ3v) is 2.87. The van der Waals surface area contributed by atoms with E-state index in [2.05, 4.69) is 10.4 Å². The standard InChI is InChI=1S/C14H17N3O2/c1-3-17-13(8-10(2)16-17)14(19)15-12-7-5-4-6-11(12)9-18/h4-8,18H,3,9H2,1-2H3,(H,15,19). The van der Waals surface area contributed by atoms with Gasteiger partial charge in [-0.25, -0.2) is 0 Å². The van der Waals surface area contributed by atoms with Crippen molar-refractivity contribution in [2.45, 2.75) is 27.0 Å². The Morgan fingerprint density at radius 3 is 2.84 bits per heavy atom. The highest BCUT2D eigenvalue weighted by Gasteiger charge is 2.14. The third-order valence-electron chi connectivity index (χ3n) is 2.87. The summed E-state index contributed by atoms with van der Waals surface area (Å²) in [5, 5.41) is 16.3. The zero-order chi connectivity index (χ0) is 13.8. The molecule has 5 heteroatoms. The number of rotatable bonds is 4. The van der Waals surface area contributed by atoms with Crippen molar-refractivity contribution in [3.63, 3.8) is 0 Å². The summed E-state index contributed by atoms with van der Waals surface area (Å²) in [6.45, 7) is 4.32. The molecule has 2 aromatic rings. The van der Waals surface area contributed by atoms with E-state index in [0.717, 1.165) is 5.69 Å². The van der Waals surface area contributed by atoms with Gasteiger partial charge >= 0.3 is 0 Å². The number of nitrogens with zero attached hydrogens (tertiary/aromatic N) is 2. The fourth-order valence-electron chi connectivity index (χ4n) is 1.94. The van der Waals surface area contributed by atoms with Crippen LogP contribution in [0.2, 0.25) is 0 Å². The molecule has 1 heterocycles. The van der Waals surface area contributed by atoms with E-state index in [1.165, 1.54) is 0 Å². The van der Waals surface area contributed by atoms with Crippen molar-refractivity contribution in [1.29, 1.82) is 0 Å². The third kappa shape index (κ3) is 2.82. The number of para-hydroxylation sites is 1. The Morgan fingerprint density at radius 2 is 2.16 bits per heavy atom. The number of hydrogen-bond acceptors (Lipinski definition) is 3. The topological polar surface area (TPSA) is 67.2 Å². The molecule has 0 aliphatic heterocycles. The van der Waals surface area contributed by atoms with Gasteiger partial charge in [0.1, 0.15) is 5.69 Å². The molecule has 0 unspecified atom stereocenters. The number of hydrogen-bond donors (Lipinski definition) is 2. The Bertz CT molecular complexity index is 590. The highest BCUT2D eigenvalue weighted by molar-refractivity contribution is 6.03. The Kier molecular flexibility index (Phi) is 3.97. The van der Waals surface area contributed by atoms with Crippen LogP contribution in [0.5, 0.6) is 0 Å². The van der Waals surface area contributed by atoms with Gasteiger partial charge in [-0.1, -0.05) is 18.2 Å². The van der Waals surface area contributed by atoms with E-state index in [9.17, 15) is 9.90 Å². The number of amides is 1. The van der Waals surface area contributed by atoms with E-state index in [1.807, 2.05) is 26.0 Å². The molecule has 0 saturated heterocycles. The van der Waals surface area contributed by atoms with Gasteiger partial charge in [-0.05, 0) is 26.0 Å². The van der Waals surface area contributed by atoms with Crippen LogP contribution >= 0.6 is 0 Å². The lowest BCUT2D eigenvalue weighted by Gasteiger charge is -2.09. The van der Waals surface area contributed by atoms with E-state index in [4.69, 9.17) is 0 Å². The molecule has 5 nitrogen and oxygen atoms in total. The monoisotopic (exact) mass is 259 g/mol. The van der Waals surface area contributed by atoms with Gasteiger partial charge in [0.2, 0.25) is 0 Å². The van der Waals surface area contributed by atoms with Gasteiger partial charge in [0.05, 0.1) is 12.3 Å². The van der Waals surface area contributed by atoms with Crippen molar-refractivity contribution in [1.82, 2.24) is 9.78 Å². The molecule has 0 aliphatic carbocycles. The highest BCUT2D eigenvalue weighted by atomic mass is 16.3. The Labute approximate surface area is 111 Å². The second kappa shape index (κ2) is 5.67. The average Bonchev–Trinajstić information content (AvgIpc) is 2.80. The summed E-state index contributed by atoms with van der Waals surface area (Å²) >= 11 is 0. The molecule has 0 bridgehead atoms. The van der Waals surface area contributed by atoms with Crippen molar-refractivity contribution >= 4 is 11.6 Å². The number of aryl methyl sites for hydroxylation is 2. The summed E-state index contributed by atoms with van der Waals surface area (Å²) in [4.78, 5) is 12.2. The van der Waals surface area contributed by atoms with Crippen molar-refractivity contribution in [2.24, 2.45) is 0 Å². The van der Waals surface area contributed by atoms with Crippen molar-refractivity contribution in [3.8, 4) is 0 Å². The number of nitrogens with one attached hydrogen (secondary N) is 1. The first kappa shape index (κ1) is 13.3. The quantitative estimate of drug-likeness (QED) is 0.882. The summed E-state index contributed by atoms with van der Waals surface area (Å²) in [5.74, 6) is -0.219. The lowest BCUT2D eigenvalue weighted by molar-refractivity contribution is 0.101. The van der Waals surface area contributed by atoms with Gasteiger partial charge in [0, 0.05) is 17.8 Å². The van der Waals surface area contributed by atoms with E-state index in [-0.39, 0.29) is 12.5 Å². The minimum absolute atomic E-state index is 0.109. The van der Waals surface area contributed by atoms with Crippen LogP contribution in [0.15, 0.2) is 30.3 Å². The van der Waals surface area contributed by atoms with Gasteiger partial charge in [-0.15, -0.1) is 0 Å². The van der Waals surface area contributed by atoms with Gasteiger partial charge in [-0.3, -0.25) is 9.48 Å². The molecule has 19 heavy (non-hydrogen) atoms. The van der Waals surface area contributed by atoms with Gasteiger partial charge < -0.3 is 10.4 Å². The zero-order valence-electron chi connectivity index (χ0n) is 11.1. The van der Waals surface area contributed by atoms with Crippen molar-refractivity contribution < 1.29 is 9.90 Å². The van der Waals surface area contributed by atoms with Crippen molar-refractivity contribution in [3.05, 3.63) is 47.3 Å². The van der Waals surface area contributed by atoms with E-state index in [0.29, 0.717) is 23.5 Å². The molecule has 0 spiro atoms. The first-order chi connectivity index (χ1) is 9.15. The largest absolute Gasteiger partial charge is 0.392 e. The van der Waals surface area contributed by atoms with E-state index < -0.39 is 0 Å². The summed E-state index contributed by atoms with van der Waals surface area (Å²) in [7, 11) is 0. The fourth-order valence-corrected chi connectivity index (χ4v) is 1.94. The summed E-state index contributed by atoms with van der Waals surface area (Å²) < 4.78 is 1.66. The summed E-state index contributed by atoms with van der Waals surface area (Å²) in [5.41, 5.74) is 2.64. The lowest BCUT2D eigenvalue weighted by Crippen LogP contribution is -2.18. The molecule has 1 aromatic carbocycles. The molecule has 100 valence electrons. The van der Waals surface area contributed by atoms with Gasteiger partial charge in [0.15, 0.2) is 0 Å². The second-order valence-electron chi connectivity index (χ2n) is 4.26. The zero-order valence-corrected chi connectivity index (χ0v) is 11.1. The molecule has 2 N–H and O–H groups in total. The Balaban J connectivity index is 2.25. The summed E-state index contributed by atoms with van der Waals surface area (Å²) in [6.07, 6.45) is 0. The predicted octanol–water partition coefficient (Wildman–Crippen LogP) is 1.96. The SMILES string of the molecule is CCn1nc(C)cc1C(=O)Nc1ccccc1CO. The molecule has 2 rings (SSSR count). The maximum absolute atomic E-state index is 12.2. The second-order valence-corrected chi connectivity index (χ2v) is 4.26. The molecule has 1 aromatic heterocycles. The maximum atomic E-state index is 12.2.